The van der Waals surface area contributed by atoms with Crippen LogP contribution < -0.4 is 10.1 Å². The molecule has 29 heavy (non-hydrogen) atoms. The van der Waals surface area contributed by atoms with Gasteiger partial charge >= 0.3 is 0 Å². The molecule has 0 radical (unpaired) electrons. The minimum Gasteiger partial charge on any atom is -0.484 e. The maximum absolute atomic E-state index is 12.4. The average Bonchev–Trinajstić information content (AvgIpc) is 3.33. The first-order chi connectivity index (χ1) is 13.8. The molecular weight excluding hydrogens is 396 g/mol. The normalized spacial score (nSPS) is 27.0. The van der Waals surface area contributed by atoms with Crippen LogP contribution >= 0.6 is 0 Å². The summed E-state index contributed by atoms with van der Waals surface area (Å²) in [5.74, 6) is 1.37. The summed E-state index contributed by atoms with van der Waals surface area (Å²) in [5, 5.41) is 6.90. The SMILES string of the molecule is Cc1noc([C@]23C[C@H](NC(=O)COc4ccccc4)CC2CN(S(C)(=O)=O)C3)n1. The molecule has 1 saturated carbocycles. The number of aromatic nitrogens is 2. The Morgan fingerprint density at radius 3 is 2.79 bits per heavy atom. The smallest absolute Gasteiger partial charge is 0.258 e. The highest BCUT2D eigenvalue weighted by molar-refractivity contribution is 7.88. The first kappa shape index (κ1) is 19.8. The minimum absolute atomic E-state index is 0.00239. The predicted octanol–water partition coefficient (Wildman–Crippen LogP) is 0.865. The number of para-hydroxylation sites is 1. The van der Waals surface area contributed by atoms with Gasteiger partial charge in [-0.25, -0.2) is 12.7 Å². The molecule has 2 fully saturated rings. The molecule has 1 aliphatic heterocycles. The lowest BCUT2D eigenvalue weighted by Crippen LogP contribution is -2.40. The van der Waals surface area contributed by atoms with Crippen LogP contribution in [0.25, 0.3) is 0 Å². The number of amides is 1. The summed E-state index contributed by atoms with van der Waals surface area (Å²) >= 11 is 0. The van der Waals surface area contributed by atoms with Crippen LogP contribution in [0.2, 0.25) is 0 Å². The number of aryl methyl sites for hydroxylation is 1. The van der Waals surface area contributed by atoms with Gasteiger partial charge in [0.25, 0.3) is 5.91 Å². The van der Waals surface area contributed by atoms with Gasteiger partial charge < -0.3 is 14.6 Å². The highest BCUT2D eigenvalue weighted by Gasteiger charge is 2.58. The van der Waals surface area contributed by atoms with Crippen molar-refractivity contribution < 1.29 is 22.5 Å². The van der Waals surface area contributed by atoms with E-state index in [0.29, 0.717) is 36.9 Å². The zero-order valence-corrected chi connectivity index (χ0v) is 17.2. The van der Waals surface area contributed by atoms with Crippen LogP contribution in [0.1, 0.15) is 24.6 Å². The molecule has 1 aliphatic carbocycles. The van der Waals surface area contributed by atoms with Gasteiger partial charge in [0.15, 0.2) is 12.4 Å². The molecule has 1 amide bonds. The lowest BCUT2D eigenvalue weighted by atomic mass is 9.80. The van der Waals surface area contributed by atoms with Gasteiger partial charge in [0, 0.05) is 19.1 Å². The quantitative estimate of drug-likeness (QED) is 0.737. The molecule has 3 atom stereocenters. The summed E-state index contributed by atoms with van der Waals surface area (Å²) < 4.78 is 36.6. The van der Waals surface area contributed by atoms with Crippen LogP contribution in [0.4, 0.5) is 0 Å². The molecule has 9 nitrogen and oxygen atoms in total. The first-order valence-electron chi connectivity index (χ1n) is 9.49. The van der Waals surface area contributed by atoms with Crippen molar-refractivity contribution in [3.05, 3.63) is 42.0 Å². The monoisotopic (exact) mass is 420 g/mol. The van der Waals surface area contributed by atoms with Crippen LogP contribution in [0.5, 0.6) is 5.75 Å². The number of benzene rings is 1. The van der Waals surface area contributed by atoms with E-state index >= 15 is 0 Å². The van der Waals surface area contributed by atoms with Gasteiger partial charge in [-0.1, -0.05) is 23.4 Å². The van der Waals surface area contributed by atoms with E-state index in [1.807, 2.05) is 18.2 Å². The van der Waals surface area contributed by atoms with Crippen LogP contribution in [0, 0.1) is 12.8 Å². The lowest BCUT2D eigenvalue weighted by molar-refractivity contribution is -0.123. The summed E-state index contributed by atoms with van der Waals surface area (Å²) in [4.78, 5) is 16.8. The van der Waals surface area contributed by atoms with Gasteiger partial charge in [-0.3, -0.25) is 4.79 Å². The van der Waals surface area contributed by atoms with Crippen LogP contribution in [0.3, 0.4) is 0 Å². The molecule has 1 unspecified atom stereocenters. The Balaban J connectivity index is 1.45. The van der Waals surface area contributed by atoms with Crippen molar-refractivity contribution >= 4 is 15.9 Å². The molecule has 0 bridgehead atoms. The van der Waals surface area contributed by atoms with Crippen LogP contribution in [0.15, 0.2) is 34.9 Å². The van der Waals surface area contributed by atoms with Crippen LogP contribution in [-0.2, 0) is 20.2 Å². The van der Waals surface area contributed by atoms with Crippen molar-refractivity contribution in [3.63, 3.8) is 0 Å². The fourth-order valence-electron chi connectivity index (χ4n) is 4.45. The van der Waals surface area contributed by atoms with Crippen molar-refractivity contribution in [2.75, 3.05) is 26.0 Å². The summed E-state index contributed by atoms with van der Waals surface area (Å²) in [6.07, 6.45) is 2.40. The van der Waals surface area contributed by atoms with E-state index in [-0.39, 0.29) is 31.0 Å². The van der Waals surface area contributed by atoms with E-state index in [4.69, 9.17) is 9.26 Å². The average molecular weight is 420 g/mol. The summed E-state index contributed by atoms with van der Waals surface area (Å²) in [6.45, 7) is 2.32. The third-order valence-corrected chi connectivity index (χ3v) is 6.96. The zero-order valence-electron chi connectivity index (χ0n) is 16.4. The molecule has 1 N–H and O–H groups in total. The highest BCUT2D eigenvalue weighted by Crippen LogP contribution is 2.50. The molecule has 156 valence electrons. The van der Waals surface area contributed by atoms with Crippen molar-refractivity contribution in [1.82, 2.24) is 19.8 Å². The fraction of sp³-hybridized carbons (Fsp3) is 0.526. The molecule has 4 rings (SSSR count). The van der Waals surface area contributed by atoms with Crippen molar-refractivity contribution in [2.45, 2.75) is 31.2 Å². The lowest BCUT2D eigenvalue weighted by Gasteiger charge is -2.24. The summed E-state index contributed by atoms with van der Waals surface area (Å²) in [5.41, 5.74) is -0.581. The molecule has 2 aromatic rings. The van der Waals surface area contributed by atoms with Gasteiger partial charge in [-0.05, 0) is 37.8 Å². The third-order valence-electron chi connectivity index (χ3n) is 5.74. The Hall–Kier alpha value is -2.46. The fourth-order valence-corrected chi connectivity index (χ4v) is 5.37. The van der Waals surface area contributed by atoms with E-state index in [1.165, 1.54) is 10.6 Å². The second-order valence-electron chi connectivity index (χ2n) is 7.86. The number of ether oxygens (including phenoxy) is 1. The van der Waals surface area contributed by atoms with E-state index in [1.54, 1.807) is 19.1 Å². The van der Waals surface area contributed by atoms with Gasteiger partial charge in [0.1, 0.15) is 5.75 Å². The Labute approximate surface area is 169 Å². The van der Waals surface area contributed by atoms with Crippen molar-refractivity contribution in [3.8, 4) is 5.75 Å². The van der Waals surface area contributed by atoms with Crippen molar-refractivity contribution in [1.29, 1.82) is 0 Å². The number of sulfonamides is 1. The molecule has 2 heterocycles. The van der Waals surface area contributed by atoms with E-state index in [2.05, 4.69) is 15.5 Å². The van der Waals surface area contributed by atoms with Gasteiger partial charge in [-0.2, -0.15) is 4.98 Å². The number of nitrogens with one attached hydrogen (secondary N) is 1. The molecule has 0 spiro atoms. The molecular formula is C19H24N4O5S. The standard InChI is InChI=1S/C19H24N4O5S/c1-13-20-18(28-22-13)19-9-15(8-14(19)10-23(12-19)29(2,25)26)21-17(24)11-27-16-6-4-3-5-7-16/h3-7,14-15H,8-12H2,1-2H3,(H,21,24)/t14?,15-,19+/m1/s1. The van der Waals surface area contributed by atoms with Gasteiger partial charge in [0.05, 0.1) is 11.7 Å². The van der Waals surface area contributed by atoms with Crippen LogP contribution in [-0.4, -0.2) is 60.8 Å². The second kappa shape index (κ2) is 7.42. The molecule has 1 saturated heterocycles. The number of carbonyl (C=O) groups excluding carboxylic acids is 1. The molecule has 1 aromatic heterocycles. The topological polar surface area (TPSA) is 115 Å². The number of hydrogen-bond acceptors (Lipinski definition) is 7. The molecule has 2 aliphatic rings. The number of hydrogen-bond donors (Lipinski definition) is 1. The van der Waals surface area contributed by atoms with Gasteiger partial charge in [0.2, 0.25) is 15.9 Å². The van der Waals surface area contributed by atoms with E-state index in [9.17, 15) is 13.2 Å². The third kappa shape index (κ3) is 3.99. The van der Waals surface area contributed by atoms with Gasteiger partial charge in [-0.15, -0.1) is 0 Å². The predicted molar refractivity (Wildman–Crippen MR) is 104 cm³/mol. The second-order valence-corrected chi connectivity index (χ2v) is 9.84. The number of rotatable bonds is 6. The summed E-state index contributed by atoms with van der Waals surface area (Å²) in [7, 11) is -3.33. The Kier molecular flexibility index (Phi) is 5.07. The van der Waals surface area contributed by atoms with Crippen molar-refractivity contribution in [2.24, 2.45) is 5.92 Å². The number of nitrogens with zero attached hydrogens (tertiary/aromatic N) is 3. The Morgan fingerprint density at radius 2 is 2.14 bits per heavy atom. The Morgan fingerprint density at radius 1 is 1.38 bits per heavy atom. The minimum atomic E-state index is -3.33. The maximum Gasteiger partial charge on any atom is 0.258 e. The van der Waals surface area contributed by atoms with E-state index < -0.39 is 15.4 Å². The number of fused-ring (bicyclic) bond motifs is 1. The first-order valence-corrected chi connectivity index (χ1v) is 11.3. The highest BCUT2D eigenvalue weighted by atomic mass is 32.2. The molecule has 1 aromatic carbocycles. The summed E-state index contributed by atoms with van der Waals surface area (Å²) in [6, 6.07) is 9.04. The zero-order chi connectivity index (χ0) is 20.6. The largest absolute Gasteiger partial charge is 0.484 e. The van der Waals surface area contributed by atoms with E-state index in [0.717, 1.165) is 0 Å². The maximum atomic E-state index is 12.4. The Bertz CT molecular complexity index is 993. The number of carbonyl (C=O) groups is 1. The molecule has 10 heteroatoms.